The number of likely N-dealkylation sites (N-methyl/N-ethyl adjacent to an activating group) is 1. The molecule has 2 fully saturated rings. The Morgan fingerprint density at radius 2 is 2.00 bits per heavy atom. The highest BCUT2D eigenvalue weighted by Gasteiger charge is 2.33. The van der Waals surface area contributed by atoms with E-state index in [9.17, 15) is 4.79 Å². The fourth-order valence-electron chi connectivity index (χ4n) is 3.83. The molecule has 0 bridgehead atoms. The fourth-order valence-corrected chi connectivity index (χ4v) is 3.83. The largest absolute Gasteiger partial charge is 0.354 e. The molecule has 1 unspecified atom stereocenters. The normalized spacial score (nSPS) is 21.5. The first-order valence-corrected chi connectivity index (χ1v) is 8.95. The van der Waals surface area contributed by atoms with Crippen LogP contribution in [0.5, 0.6) is 0 Å². The van der Waals surface area contributed by atoms with Crippen molar-refractivity contribution < 1.29 is 4.79 Å². The van der Waals surface area contributed by atoms with Gasteiger partial charge >= 0.3 is 0 Å². The van der Waals surface area contributed by atoms with Gasteiger partial charge in [-0.15, -0.1) is 0 Å². The third kappa shape index (κ3) is 2.72. The van der Waals surface area contributed by atoms with Crippen molar-refractivity contribution in [2.45, 2.75) is 38.1 Å². The number of anilines is 1. The van der Waals surface area contributed by atoms with E-state index in [2.05, 4.69) is 20.9 Å². The molecule has 2 heterocycles. The molecule has 5 nitrogen and oxygen atoms in total. The zero-order chi connectivity index (χ0) is 16.5. The molecule has 5 heteroatoms. The lowest BCUT2D eigenvalue weighted by Gasteiger charge is -2.40. The van der Waals surface area contributed by atoms with Gasteiger partial charge in [0.15, 0.2) is 0 Å². The summed E-state index contributed by atoms with van der Waals surface area (Å²) in [6.45, 7) is 1.85. The van der Waals surface area contributed by atoms with Crippen LogP contribution in [-0.2, 0) is 4.79 Å². The van der Waals surface area contributed by atoms with Gasteiger partial charge in [0.05, 0.1) is 5.52 Å². The standard InChI is InChI=1S/C19H24N4O/c1-22(19(24)14-6-4-7-14)15-8-5-11-23(12-15)18-16-9-2-3-10-17(16)20-13-21-18/h2-3,9-10,13-15H,4-8,11-12H2,1H3. The number of hydrogen-bond acceptors (Lipinski definition) is 4. The van der Waals surface area contributed by atoms with Crippen molar-refractivity contribution in [3.05, 3.63) is 30.6 Å². The number of carbonyl (C=O) groups is 1. The van der Waals surface area contributed by atoms with Gasteiger partial charge in [-0.3, -0.25) is 4.79 Å². The molecule has 0 spiro atoms. The van der Waals surface area contributed by atoms with E-state index >= 15 is 0 Å². The maximum Gasteiger partial charge on any atom is 0.225 e. The van der Waals surface area contributed by atoms with Gasteiger partial charge in [-0.25, -0.2) is 9.97 Å². The first-order chi connectivity index (χ1) is 11.7. The first kappa shape index (κ1) is 15.4. The molecule has 2 aliphatic rings. The SMILES string of the molecule is CN(C(=O)C1CCC1)C1CCCN(c2ncnc3ccccc23)C1. The van der Waals surface area contributed by atoms with E-state index in [1.54, 1.807) is 6.33 Å². The summed E-state index contributed by atoms with van der Waals surface area (Å²) < 4.78 is 0. The number of para-hydroxylation sites is 1. The van der Waals surface area contributed by atoms with Crippen LogP contribution in [0.2, 0.25) is 0 Å². The number of amides is 1. The van der Waals surface area contributed by atoms with Crippen molar-refractivity contribution in [1.82, 2.24) is 14.9 Å². The van der Waals surface area contributed by atoms with E-state index in [0.29, 0.717) is 5.91 Å². The smallest absolute Gasteiger partial charge is 0.225 e. The van der Waals surface area contributed by atoms with Gasteiger partial charge in [0, 0.05) is 37.5 Å². The summed E-state index contributed by atoms with van der Waals surface area (Å²) in [4.78, 5) is 25.8. The van der Waals surface area contributed by atoms with E-state index < -0.39 is 0 Å². The second kappa shape index (κ2) is 6.38. The van der Waals surface area contributed by atoms with Gasteiger partial charge in [-0.1, -0.05) is 18.6 Å². The van der Waals surface area contributed by atoms with E-state index in [1.807, 2.05) is 30.1 Å². The third-order valence-electron chi connectivity index (χ3n) is 5.57. The molecule has 0 N–H and O–H groups in total. The van der Waals surface area contributed by atoms with Crippen LogP contribution < -0.4 is 4.90 Å². The van der Waals surface area contributed by atoms with E-state index in [4.69, 9.17) is 0 Å². The molecule has 2 aromatic rings. The minimum absolute atomic E-state index is 0.269. The maximum atomic E-state index is 12.6. The maximum absolute atomic E-state index is 12.6. The Morgan fingerprint density at radius 1 is 1.17 bits per heavy atom. The lowest BCUT2D eigenvalue weighted by atomic mass is 9.84. The van der Waals surface area contributed by atoms with Crippen LogP contribution in [0, 0.1) is 5.92 Å². The van der Waals surface area contributed by atoms with Crippen molar-refractivity contribution in [2.75, 3.05) is 25.0 Å². The molecule has 1 saturated heterocycles. The topological polar surface area (TPSA) is 49.3 Å². The summed E-state index contributed by atoms with van der Waals surface area (Å²) in [6.07, 6.45) is 7.14. The molecule has 1 saturated carbocycles. The fraction of sp³-hybridized carbons (Fsp3) is 0.526. The van der Waals surface area contributed by atoms with Crippen molar-refractivity contribution in [3.8, 4) is 0 Å². The van der Waals surface area contributed by atoms with Gasteiger partial charge in [0.2, 0.25) is 5.91 Å². The van der Waals surface area contributed by atoms with E-state index in [-0.39, 0.29) is 12.0 Å². The minimum atomic E-state index is 0.269. The van der Waals surface area contributed by atoms with Crippen LogP contribution in [0.3, 0.4) is 0 Å². The van der Waals surface area contributed by atoms with Gasteiger partial charge in [0.25, 0.3) is 0 Å². The van der Waals surface area contributed by atoms with Crippen molar-refractivity contribution in [1.29, 1.82) is 0 Å². The predicted octanol–water partition coefficient (Wildman–Crippen LogP) is 2.86. The first-order valence-electron chi connectivity index (χ1n) is 8.95. The molecule has 1 aliphatic carbocycles. The van der Waals surface area contributed by atoms with Crippen LogP contribution in [0.25, 0.3) is 10.9 Å². The van der Waals surface area contributed by atoms with Crippen LogP contribution in [0.4, 0.5) is 5.82 Å². The molecule has 1 aromatic carbocycles. The summed E-state index contributed by atoms with van der Waals surface area (Å²) in [5.74, 6) is 1.60. The van der Waals surface area contributed by atoms with E-state index in [1.165, 1.54) is 6.42 Å². The number of carbonyl (C=O) groups excluding carboxylic acids is 1. The van der Waals surface area contributed by atoms with E-state index in [0.717, 1.165) is 55.5 Å². The summed E-state index contributed by atoms with van der Waals surface area (Å²) in [7, 11) is 1.98. The lowest BCUT2D eigenvalue weighted by Crippen LogP contribution is -2.51. The number of piperidine rings is 1. The van der Waals surface area contributed by atoms with Crippen LogP contribution >= 0.6 is 0 Å². The van der Waals surface area contributed by atoms with Crippen molar-refractivity contribution in [3.63, 3.8) is 0 Å². The summed E-state index contributed by atoms with van der Waals surface area (Å²) in [6, 6.07) is 8.41. The summed E-state index contributed by atoms with van der Waals surface area (Å²) in [5, 5.41) is 1.09. The Balaban J connectivity index is 1.55. The molecule has 4 rings (SSSR count). The number of nitrogens with zero attached hydrogens (tertiary/aromatic N) is 4. The Morgan fingerprint density at radius 3 is 2.79 bits per heavy atom. The van der Waals surface area contributed by atoms with Gasteiger partial charge in [0.1, 0.15) is 12.1 Å². The van der Waals surface area contributed by atoms with Gasteiger partial charge in [-0.2, -0.15) is 0 Å². The second-order valence-electron chi connectivity index (χ2n) is 7.03. The lowest BCUT2D eigenvalue weighted by molar-refractivity contribution is -0.139. The van der Waals surface area contributed by atoms with Crippen LogP contribution in [0.1, 0.15) is 32.1 Å². The quantitative estimate of drug-likeness (QED) is 0.871. The number of hydrogen-bond donors (Lipinski definition) is 0. The van der Waals surface area contributed by atoms with Crippen molar-refractivity contribution >= 4 is 22.6 Å². The molecule has 1 atom stereocenters. The van der Waals surface area contributed by atoms with Crippen molar-refractivity contribution in [2.24, 2.45) is 5.92 Å². The zero-order valence-corrected chi connectivity index (χ0v) is 14.2. The summed E-state index contributed by atoms with van der Waals surface area (Å²) >= 11 is 0. The predicted molar refractivity (Wildman–Crippen MR) is 94.9 cm³/mol. The Labute approximate surface area is 142 Å². The molecular weight excluding hydrogens is 300 g/mol. The monoisotopic (exact) mass is 324 g/mol. The molecule has 1 aliphatic heterocycles. The van der Waals surface area contributed by atoms with Gasteiger partial charge in [-0.05, 0) is 37.8 Å². The Hall–Kier alpha value is -2.17. The molecule has 1 aromatic heterocycles. The number of fused-ring (bicyclic) bond motifs is 1. The second-order valence-corrected chi connectivity index (χ2v) is 7.03. The molecule has 1 amide bonds. The van der Waals surface area contributed by atoms with Crippen LogP contribution in [0.15, 0.2) is 30.6 Å². The highest BCUT2D eigenvalue weighted by Crippen LogP contribution is 2.31. The highest BCUT2D eigenvalue weighted by molar-refractivity contribution is 5.89. The minimum Gasteiger partial charge on any atom is -0.354 e. The number of aromatic nitrogens is 2. The van der Waals surface area contributed by atoms with Gasteiger partial charge < -0.3 is 9.80 Å². The average Bonchev–Trinajstić information content (AvgIpc) is 2.59. The molecule has 126 valence electrons. The Kier molecular flexibility index (Phi) is 4.08. The third-order valence-corrected chi connectivity index (χ3v) is 5.57. The molecular formula is C19H24N4O. The average molecular weight is 324 g/mol. The zero-order valence-electron chi connectivity index (χ0n) is 14.2. The number of rotatable bonds is 3. The molecule has 0 radical (unpaired) electrons. The summed E-state index contributed by atoms with van der Waals surface area (Å²) in [5.41, 5.74) is 0.975. The van der Waals surface area contributed by atoms with Crippen LogP contribution in [-0.4, -0.2) is 47.0 Å². The highest BCUT2D eigenvalue weighted by atomic mass is 16.2. The number of benzene rings is 1. The Bertz CT molecular complexity index is 738. The molecule has 24 heavy (non-hydrogen) atoms.